The summed E-state index contributed by atoms with van der Waals surface area (Å²) in [5.74, 6) is 1.06. The average molecular weight is 212 g/mol. The van der Waals surface area contributed by atoms with E-state index in [1.807, 2.05) is 6.92 Å². The van der Waals surface area contributed by atoms with Crippen LogP contribution in [0, 0.1) is 17.3 Å². The first kappa shape index (κ1) is 11.8. The fraction of sp³-hybridized carbons (Fsp3) is 0.833. The van der Waals surface area contributed by atoms with Crippen LogP contribution in [0.1, 0.15) is 47.0 Å². The SMILES string of the molecule is CC(=S)C1CC(C(C)(C)C)CCC1=O. The highest BCUT2D eigenvalue weighted by Gasteiger charge is 2.35. The normalized spacial score (nSPS) is 29.0. The van der Waals surface area contributed by atoms with Crippen LogP contribution in [0.5, 0.6) is 0 Å². The summed E-state index contributed by atoms with van der Waals surface area (Å²) >= 11 is 5.15. The first-order chi connectivity index (χ1) is 6.32. The van der Waals surface area contributed by atoms with E-state index in [0.29, 0.717) is 17.1 Å². The molecule has 2 heteroatoms. The van der Waals surface area contributed by atoms with E-state index in [1.165, 1.54) is 0 Å². The number of ketones is 1. The Balaban J connectivity index is 2.72. The van der Waals surface area contributed by atoms with Gasteiger partial charge in [-0.25, -0.2) is 0 Å². The third-order valence-corrected chi connectivity index (χ3v) is 3.65. The maximum atomic E-state index is 11.6. The minimum Gasteiger partial charge on any atom is -0.299 e. The van der Waals surface area contributed by atoms with E-state index in [1.54, 1.807) is 0 Å². The van der Waals surface area contributed by atoms with Crippen molar-refractivity contribution in [3.05, 3.63) is 0 Å². The lowest BCUT2D eigenvalue weighted by Crippen LogP contribution is -2.34. The quantitative estimate of drug-likeness (QED) is 0.620. The van der Waals surface area contributed by atoms with Crippen LogP contribution < -0.4 is 0 Å². The van der Waals surface area contributed by atoms with Gasteiger partial charge >= 0.3 is 0 Å². The van der Waals surface area contributed by atoms with Gasteiger partial charge in [0.05, 0.1) is 0 Å². The summed E-state index contributed by atoms with van der Waals surface area (Å²) in [6.07, 6.45) is 2.74. The fourth-order valence-electron chi connectivity index (χ4n) is 2.20. The van der Waals surface area contributed by atoms with Crippen molar-refractivity contribution in [3.63, 3.8) is 0 Å². The van der Waals surface area contributed by atoms with Crippen LogP contribution in [0.4, 0.5) is 0 Å². The Morgan fingerprint density at radius 3 is 2.43 bits per heavy atom. The Morgan fingerprint density at radius 1 is 1.43 bits per heavy atom. The van der Waals surface area contributed by atoms with Gasteiger partial charge < -0.3 is 0 Å². The number of carbonyl (C=O) groups excluding carboxylic acids is 1. The molecule has 0 aromatic heterocycles. The van der Waals surface area contributed by atoms with Crippen LogP contribution in [0.15, 0.2) is 0 Å². The molecule has 80 valence electrons. The lowest BCUT2D eigenvalue weighted by Gasteiger charge is -2.36. The summed E-state index contributed by atoms with van der Waals surface area (Å²) in [6, 6.07) is 0. The highest BCUT2D eigenvalue weighted by molar-refractivity contribution is 7.80. The van der Waals surface area contributed by atoms with Crippen molar-refractivity contribution in [3.8, 4) is 0 Å². The number of hydrogen-bond donors (Lipinski definition) is 0. The summed E-state index contributed by atoms with van der Waals surface area (Å²) in [5, 5.41) is 0. The second-order valence-corrected chi connectivity index (χ2v) is 6.11. The zero-order chi connectivity index (χ0) is 10.9. The number of hydrogen-bond acceptors (Lipinski definition) is 2. The molecular formula is C12H20OS. The van der Waals surface area contributed by atoms with E-state index in [-0.39, 0.29) is 5.92 Å². The molecule has 0 saturated heterocycles. The molecule has 14 heavy (non-hydrogen) atoms. The molecule has 0 aromatic rings. The van der Waals surface area contributed by atoms with E-state index >= 15 is 0 Å². The van der Waals surface area contributed by atoms with Gasteiger partial charge in [0.15, 0.2) is 0 Å². The predicted molar refractivity (Wildman–Crippen MR) is 63.6 cm³/mol. The molecule has 0 bridgehead atoms. The molecule has 1 rings (SSSR count). The molecule has 0 spiro atoms. The second-order valence-electron chi connectivity index (χ2n) is 5.47. The van der Waals surface area contributed by atoms with Crippen LogP contribution >= 0.6 is 12.2 Å². The van der Waals surface area contributed by atoms with Crippen LogP contribution in [0.2, 0.25) is 0 Å². The highest BCUT2D eigenvalue weighted by atomic mass is 32.1. The topological polar surface area (TPSA) is 17.1 Å². The second kappa shape index (κ2) is 4.09. The van der Waals surface area contributed by atoms with E-state index < -0.39 is 0 Å². The number of thiocarbonyl (C=S) groups is 1. The molecular weight excluding hydrogens is 192 g/mol. The number of rotatable bonds is 1. The van der Waals surface area contributed by atoms with Crippen molar-refractivity contribution in [2.75, 3.05) is 0 Å². The first-order valence-electron chi connectivity index (χ1n) is 5.35. The van der Waals surface area contributed by atoms with Gasteiger partial charge in [0.1, 0.15) is 5.78 Å². The molecule has 1 fully saturated rings. The van der Waals surface area contributed by atoms with Crippen LogP contribution in [0.25, 0.3) is 0 Å². The number of carbonyl (C=O) groups is 1. The minimum atomic E-state index is 0.0583. The summed E-state index contributed by atoms with van der Waals surface area (Å²) in [5.41, 5.74) is 0.309. The van der Waals surface area contributed by atoms with E-state index in [9.17, 15) is 4.79 Å². The van der Waals surface area contributed by atoms with Crippen LogP contribution in [-0.2, 0) is 4.79 Å². The molecule has 2 atom stereocenters. The zero-order valence-corrected chi connectivity index (χ0v) is 10.4. The Bertz CT molecular complexity index is 250. The molecule has 0 heterocycles. The molecule has 0 N–H and O–H groups in total. The third-order valence-electron chi connectivity index (χ3n) is 3.36. The smallest absolute Gasteiger partial charge is 0.140 e. The lowest BCUT2D eigenvalue weighted by atomic mass is 9.68. The predicted octanol–water partition coefficient (Wildman–Crippen LogP) is 3.41. The summed E-state index contributed by atoms with van der Waals surface area (Å²) in [7, 11) is 0. The Kier molecular flexibility index (Phi) is 3.46. The van der Waals surface area contributed by atoms with Gasteiger partial charge in [-0.1, -0.05) is 33.0 Å². The van der Waals surface area contributed by atoms with Gasteiger partial charge in [-0.15, -0.1) is 0 Å². The molecule has 1 nitrogen and oxygen atoms in total. The molecule has 0 amide bonds. The van der Waals surface area contributed by atoms with Gasteiger partial charge in [0.2, 0.25) is 0 Å². The van der Waals surface area contributed by atoms with Crippen LogP contribution in [-0.4, -0.2) is 10.6 Å². The van der Waals surface area contributed by atoms with Crippen molar-refractivity contribution in [2.24, 2.45) is 17.3 Å². The van der Waals surface area contributed by atoms with Crippen molar-refractivity contribution >= 4 is 22.9 Å². The molecule has 0 aromatic carbocycles. The van der Waals surface area contributed by atoms with Gasteiger partial charge in [-0.2, -0.15) is 0 Å². The third kappa shape index (κ3) is 2.63. The maximum absolute atomic E-state index is 11.6. The molecule has 2 unspecified atom stereocenters. The lowest BCUT2D eigenvalue weighted by molar-refractivity contribution is -0.124. The average Bonchev–Trinajstić information content (AvgIpc) is 2.02. The Labute approximate surface area is 92.3 Å². The van der Waals surface area contributed by atoms with Gasteiger partial charge in [-0.3, -0.25) is 4.79 Å². The standard InChI is InChI=1S/C12H20OS/c1-8(14)10-7-9(12(2,3)4)5-6-11(10)13/h9-10H,5-7H2,1-4H3. The largest absolute Gasteiger partial charge is 0.299 e. The molecule has 1 saturated carbocycles. The van der Waals surface area contributed by atoms with Crippen molar-refractivity contribution in [2.45, 2.75) is 47.0 Å². The minimum absolute atomic E-state index is 0.0583. The molecule has 0 radical (unpaired) electrons. The first-order valence-corrected chi connectivity index (χ1v) is 5.76. The van der Waals surface area contributed by atoms with Crippen LogP contribution in [0.3, 0.4) is 0 Å². The summed E-state index contributed by atoms with van der Waals surface area (Å²) < 4.78 is 0. The highest BCUT2D eigenvalue weighted by Crippen LogP contribution is 2.39. The monoisotopic (exact) mass is 212 g/mol. The summed E-state index contributed by atoms with van der Waals surface area (Å²) in [6.45, 7) is 8.67. The maximum Gasteiger partial charge on any atom is 0.140 e. The number of Topliss-reactive ketones (excluding diaryl/α,β-unsaturated/α-hetero) is 1. The van der Waals surface area contributed by atoms with E-state index in [4.69, 9.17) is 12.2 Å². The van der Waals surface area contributed by atoms with Crippen molar-refractivity contribution < 1.29 is 4.79 Å². The Hall–Kier alpha value is -0.240. The van der Waals surface area contributed by atoms with Gasteiger partial charge in [-0.05, 0) is 31.1 Å². The van der Waals surface area contributed by atoms with Gasteiger partial charge in [0, 0.05) is 17.2 Å². The van der Waals surface area contributed by atoms with Crippen molar-refractivity contribution in [1.29, 1.82) is 0 Å². The zero-order valence-electron chi connectivity index (χ0n) is 9.59. The Morgan fingerprint density at radius 2 is 2.00 bits per heavy atom. The fourth-order valence-corrected chi connectivity index (χ4v) is 2.43. The molecule has 1 aliphatic carbocycles. The van der Waals surface area contributed by atoms with Gasteiger partial charge in [0.25, 0.3) is 0 Å². The van der Waals surface area contributed by atoms with E-state index in [0.717, 1.165) is 24.1 Å². The molecule has 1 aliphatic rings. The summed E-state index contributed by atoms with van der Waals surface area (Å²) in [4.78, 5) is 12.5. The van der Waals surface area contributed by atoms with E-state index in [2.05, 4.69) is 20.8 Å². The van der Waals surface area contributed by atoms with Crippen molar-refractivity contribution in [1.82, 2.24) is 0 Å². The molecule has 0 aliphatic heterocycles.